The summed E-state index contributed by atoms with van der Waals surface area (Å²) in [5, 5.41) is 0. The van der Waals surface area contributed by atoms with Crippen LogP contribution in [0, 0.1) is 0 Å². The van der Waals surface area contributed by atoms with Crippen LogP contribution in [0.25, 0.3) is 6.08 Å². The molecule has 0 unspecified atom stereocenters. The lowest BCUT2D eigenvalue weighted by Crippen LogP contribution is -2.00. The summed E-state index contributed by atoms with van der Waals surface area (Å²) < 4.78 is 0. The minimum Gasteiger partial charge on any atom is -0.264 e. The zero-order valence-corrected chi connectivity index (χ0v) is 9.32. The molecule has 0 aromatic carbocycles. The van der Waals surface area contributed by atoms with Gasteiger partial charge in [-0.05, 0) is 54.0 Å². The molecule has 1 aromatic heterocycles. The lowest BCUT2D eigenvalue weighted by Gasteiger charge is -2.17. The first-order chi connectivity index (χ1) is 7.93. The first-order valence-electron chi connectivity index (χ1n) is 5.94. The summed E-state index contributed by atoms with van der Waals surface area (Å²) in [5.74, 6) is 0. The van der Waals surface area contributed by atoms with Crippen LogP contribution in [0.4, 0.5) is 0 Å². The van der Waals surface area contributed by atoms with Crippen molar-refractivity contribution in [2.75, 3.05) is 0 Å². The Morgan fingerprint density at radius 3 is 2.94 bits per heavy atom. The highest BCUT2D eigenvalue weighted by atomic mass is 14.6. The van der Waals surface area contributed by atoms with Gasteiger partial charge in [0.2, 0.25) is 0 Å². The predicted molar refractivity (Wildman–Crippen MR) is 67.0 cm³/mol. The van der Waals surface area contributed by atoms with E-state index in [9.17, 15) is 0 Å². The molecule has 0 N–H and O–H groups in total. The van der Waals surface area contributed by atoms with Crippen molar-refractivity contribution in [3.05, 3.63) is 59.0 Å². The van der Waals surface area contributed by atoms with Gasteiger partial charge in [0.1, 0.15) is 0 Å². The maximum atomic E-state index is 4.19. The molecule has 2 aliphatic rings. The van der Waals surface area contributed by atoms with E-state index in [1.165, 1.54) is 35.1 Å². The Balaban J connectivity index is 2.03. The normalized spacial score (nSPS) is 20.8. The maximum absolute atomic E-state index is 4.19. The number of nitrogens with zero attached hydrogens (tertiary/aromatic N) is 1. The molecule has 0 amide bonds. The van der Waals surface area contributed by atoms with E-state index in [0.29, 0.717) is 0 Å². The van der Waals surface area contributed by atoms with Crippen molar-refractivity contribution < 1.29 is 0 Å². The van der Waals surface area contributed by atoms with Crippen molar-refractivity contribution in [1.29, 1.82) is 0 Å². The van der Waals surface area contributed by atoms with Gasteiger partial charge in [-0.15, -0.1) is 0 Å². The molecular formula is C15H15N. The predicted octanol–water partition coefficient (Wildman–Crippen LogP) is 3.69. The summed E-state index contributed by atoms with van der Waals surface area (Å²) in [6.07, 6.45) is 17.7. The van der Waals surface area contributed by atoms with Gasteiger partial charge in [0.25, 0.3) is 0 Å². The molecule has 2 aliphatic carbocycles. The monoisotopic (exact) mass is 209 g/mol. The molecule has 0 atom stereocenters. The SMILES string of the molecule is C1=C2/C=C\c3cnccc3CCC2=CCC1. The second-order valence-corrected chi connectivity index (χ2v) is 4.37. The van der Waals surface area contributed by atoms with Gasteiger partial charge < -0.3 is 0 Å². The number of fused-ring (bicyclic) bond motifs is 2. The largest absolute Gasteiger partial charge is 0.264 e. The highest BCUT2D eigenvalue weighted by Gasteiger charge is 2.10. The van der Waals surface area contributed by atoms with Crippen LogP contribution in [0.3, 0.4) is 0 Å². The fourth-order valence-electron chi connectivity index (χ4n) is 2.43. The van der Waals surface area contributed by atoms with Crippen LogP contribution in [-0.4, -0.2) is 4.98 Å². The van der Waals surface area contributed by atoms with Crippen molar-refractivity contribution in [3.63, 3.8) is 0 Å². The molecule has 3 rings (SSSR count). The second-order valence-electron chi connectivity index (χ2n) is 4.37. The van der Waals surface area contributed by atoms with Crippen molar-refractivity contribution in [3.8, 4) is 0 Å². The Morgan fingerprint density at radius 1 is 1.00 bits per heavy atom. The highest BCUT2D eigenvalue weighted by Crippen LogP contribution is 2.28. The van der Waals surface area contributed by atoms with E-state index in [0.717, 1.165) is 12.8 Å². The Labute approximate surface area is 96.2 Å². The summed E-state index contributed by atoms with van der Waals surface area (Å²) in [6, 6.07) is 2.14. The minimum absolute atomic E-state index is 1.13. The zero-order valence-electron chi connectivity index (χ0n) is 9.32. The van der Waals surface area contributed by atoms with Gasteiger partial charge in [-0.1, -0.05) is 24.3 Å². The molecule has 0 aliphatic heterocycles. The summed E-state index contributed by atoms with van der Waals surface area (Å²) in [4.78, 5) is 4.19. The number of aryl methyl sites for hydroxylation is 1. The molecule has 1 heterocycles. The van der Waals surface area contributed by atoms with Gasteiger partial charge in [-0.2, -0.15) is 0 Å². The lowest BCUT2D eigenvalue weighted by molar-refractivity contribution is 0.898. The standard InChI is InChI=1S/C15H15N/c1-2-4-13-7-8-15-11-16-10-9-14(15)6-5-12(13)3-1/h3-4,7-11H,1-2,5-6H2/b8-7-. The topological polar surface area (TPSA) is 12.9 Å². The molecule has 0 fully saturated rings. The zero-order chi connectivity index (χ0) is 10.8. The highest BCUT2D eigenvalue weighted by molar-refractivity contribution is 5.60. The molecule has 1 heteroatoms. The molecule has 0 radical (unpaired) electrons. The molecule has 80 valence electrons. The Morgan fingerprint density at radius 2 is 1.94 bits per heavy atom. The Hall–Kier alpha value is -1.63. The van der Waals surface area contributed by atoms with Crippen LogP contribution in [0.5, 0.6) is 0 Å². The first kappa shape index (κ1) is 9.59. The molecule has 16 heavy (non-hydrogen) atoms. The fraction of sp³-hybridized carbons (Fsp3) is 0.267. The Kier molecular flexibility index (Phi) is 2.45. The van der Waals surface area contributed by atoms with Crippen molar-refractivity contribution in [2.45, 2.75) is 25.7 Å². The van der Waals surface area contributed by atoms with Gasteiger partial charge in [-0.3, -0.25) is 4.98 Å². The van der Waals surface area contributed by atoms with Crippen LogP contribution in [0.1, 0.15) is 30.4 Å². The van der Waals surface area contributed by atoms with Crippen LogP contribution in [0.2, 0.25) is 0 Å². The van der Waals surface area contributed by atoms with Crippen LogP contribution in [-0.2, 0) is 6.42 Å². The van der Waals surface area contributed by atoms with Crippen LogP contribution in [0.15, 0.2) is 47.8 Å². The number of hydrogen-bond donors (Lipinski definition) is 0. The van der Waals surface area contributed by atoms with Crippen molar-refractivity contribution in [1.82, 2.24) is 4.98 Å². The number of rotatable bonds is 0. The van der Waals surface area contributed by atoms with Gasteiger partial charge in [-0.25, -0.2) is 0 Å². The summed E-state index contributed by atoms with van der Waals surface area (Å²) in [6.45, 7) is 0. The molecule has 1 nitrogen and oxygen atoms in total. The van der Waals surface area contributed by atoms with E-state index in [4.69, 9.17) is 0 Å². The molecule has 0 spiro atoms. The molecule has 0 saturated carbocycles. The molecule has 1 aromatic rings. The average Bonchev–Trinajstić information content (AvgIpc) is 2.32. The van der Waals surface area contributed by atoms with Crippen LogP contribution >= 0.6 is 0 Å². The molecule has 0 bridgehead atoms. The average molecular weight is 209 g/mol. The van der Waals surface area contributed by atoms with E-state index >= 15 is 0 Å². The number of aromatic nitrogens is 1. The van der Waals surface area contributed by atoms with Gasteiger partial charge >= 0.3 is 0 Å². The smallest absolute Gasteiger partial charge is 0.0343 e. The third-order valence-electron chi connectivity index (χ3n) is 3.34. The van der Waals surface area contributed by atoms with Crippen molar-refractivity contribution in [2.24, 2.45) is 0 Å². The van der Waals surface area contributed by atoms with E-state index in [2.05, 4.69) is 35.4 Å². The van der Waals surface area contributed by atoms with E-state index in [1.54, 1.807) is 0 Å². The number of pyridine rings is 1. The van der Waals surface area contributed by atoms with Gasteiger partial charge in [0, 0.05) is 12.4 Å². The quantitative estimate of drug-likeness (QED) is 0.635. The maximum Gasteiger partial charge on any atom is 0.0343 e. The summed E-state index contributed by atoms with van der Waals surface area (Å²) >= 11 is 0. The Bertz CT molecular complexity index is 492. The van der Waals surface area contributed by atoms with Gasteiger partial charge in [0.15, 0.2) is 0 Å². The van der Waals surface area contributed by atoms with E-state index in [-0.39, 0.29) is 0 Å². The summed E-state index contributed by atoms with van der Waals surface area (Å²) in [7, 11) is 0. The first-order valence-corrected chi connectivity index (χ1v) is 5.94. The fourth-order valence-corrected chi connectivity index (χ4v) is 2.43. The second kappa shape index (κ2) is 4.09. The minimum atomic E-state index is 1.13. The summed E-state index contributed by atoms with van der Waals surface area (Å²) in [5.41, 5.74) is 5.62. The third-order valence-corrected chi connectivity index (χ3v) is 3.34. The van der Waals surface area contributed by atoms with E-state index in [1.807, 2.05) is 12.4 Å². The van der Waals surface area contributed by atoms with Gasteiger partial charge in [0.05, 0.1) is 0 Å². The third kappa shape index (κ3) is 1.73. The lowest BCUT2D eigenvalue weighted by atomic mass is 9.89. The number of allylic oxidation sites excluding steroid dienone is 5. The molecule has 0 saturated heterocycles. The number of hydrogen-bond acceptors (Lipinski definition) is 1. The van der Waals surface area contributed by atoms with E-state index < -0.39 is 0 Å². The molecular weight excluding hydrogens is 194 g/mol. The van der Waals surface area contributed by atoms with Crippen LogP contribution < -0.4 is 0 Å². The van der Waals surface area contributed by atoms with Crippen molar-refractivity contribution >= 4 is 6.08 Å².